The topological polar surface area (TPSA) is 26.3 Å². The van der Waals surface area contributed by atoms with Crippen LogP contribution in [0.2, 0.25) is 10.0 Å². The highest BCUT2D eigenvalue weighted by Gasteiger charge is 2.36. The first-order chi connectivity index (χ1) is 13.8. The van der Waals surface area contributed by atoms with Crippen LogP contribution in [0.25, 0.3) is 0 Å². The first-order valence-electron chi connectivity index (χ1n) is 11.2. The van der Waals surface area contributed by atoms with E-state index in [4.69, 9.17) is 27.9 Å². The van der Waals surface area contributed by atoms with Crippen molar-refractivity contribution in [1.29, 1.82) is 0 Å². The van der Waals surface area contributed by atoms with Crippen molar-refractivity contribution in [1.82, 2.24) is 0 Å². The Balaban J connectivity index is 0.00000841. The number of hydrogen-bond acceptors (Lipinski definition) is 2. The molecule has 0 radical (unpaired) electrons. The van der Waals surface area contributed by atoms with Crippen molar-refractivity contribution >= 4 is 41.6 Å². The van der Waals surface area contributed by atoms with E-state index in [0.717, 1.165) is 24.8 Å². The molecule has 3 nitrogen and oxygen atoms in total. The Labute approximate surface area is 200 Å². The maximum atomic E-state index is 12.8. The molecule has 1 unspecified atom stereocenters. The summed E-state index contributed by atoms with van der Waals surface area (Å²) in [5.74, 6) is -0.0835. The van der Waals surface area contributed by atoms with Crippen LogP contribution < -0.4 is 0 Å². The Bertz CT molecular complexity index is 608. The van der Waals surface area contributed by atoms with Crippen LogP contribution >= 0.6 is 35.6 Å². The minimum absolute atomic E-state index is 0. The predicted molar refractivity (Wildman–Crippen MR) is 132 cm³/mol. The smallest absolute Gasteiger partial charge is 0.364 e. The van der Waals surface area contributed by atoms with Crippen LogP contribution in [0.15, 0.2) is 18.2 Å². The molecule has 0 spiro atoms. The van der Waals surface area contributed by atoms with Gasteiger partial charge in [-0.25, -0.2) is 4.79 Å². The molecular formula is C24H41Cl3NO2+. The largest absolute Gasteiger partial charge is 0.461 e. The first-order valence-corrected chi connectivity index (χ1v) is 12.0. The fourth-order valence-electron chi connectivity index (χ4n) is 3.74. The standard InChI is InChI=1S/C24H40Cl2NO2.ClH/c1-5-7-8-9-10-11-12-13-14-23(24(28)29-17-6-2)27(3,4)19-20-15-16-21(25)22(26)18-20;/h15-16,18,23H,5-14,17,19H2,1-4H3;1H/q+1;. The molecule has 30 heavy (non-hydrogen) atoms. The highest BCUT2D eigenvalue weighted by Crippen LogP contribution is 2.26. The van der Waals surface area contributed by atoms with E-state index in [2.05, 4.69) is 21.0 Å². The summed E-state index contributed by atoms with van der Waals surface area (Å²) in [4.78, 5) is 12.8. The van der Waals surface area contributed by atoms with Crippen LogP contribution in [0, 0.1) is 0 Å². The number of carbonyl (C=O) groups excluding carboxylic acids is 1. The van der Waals surface area contributed by atoms with Gasteiger partial charge in [-0.05, 0) is 25.0 Å². The zero-order valence-electron chi connectivity index (χ0n) is 19.2. The summed E-state index contributed by atoms with van der Waals surface area (Å²) in [5, 5.41) is 1.11. The van der Waals surface area contributed by atoms with Crippen LogP contribution in [0.3, 0.4) is 0 Å². The second-order valence-corrected chi connectivity index (χ2v) is 9.45. The number of nitrogens with zero attached hydrogens (tertiary/aromatic N) is 1. The molecule has 1 aromatic rings. The number of likely N-dealkylation sites (N-methyl/N-ethyl adjacent to an activating group) is 1. The second-order valence-electron chi connectivity index (χ2n) is 8.63. The summed E-state index contributed by atoms with van der Waals surface area (Å²) in [7, 11) is 4.20. The fraction of sp³-hybridized carbons (Fsp3) is 0.708. The molecule has 0 aromatic heterocycles. The van der Waals surface area contributed by atoms with Gasteiger partial charge in [0.2, 0.25) is 0 Å². The van der Waals surface area contributed by atoms with Crippen molar-refractivity contribution in [3.63, 3.8) is 0 Å². The quantitative estimate of drug-likeness (QED) is 0.145. The lowest BCUT2D eigenvalue weighted by Gasteiger charge is -2.36. The highest BCUT2D eigenvalue weighted by molar-refractivity contribution is 6.42. The van der Waals surface area contributed by atoms with Gasteiger partial charge < -0.3 is 9.22 Å². The molecule has 1 atom stereocenters. The lowest BCUT2D eigenvalue weighted by molar-refractivity contribution is -0.920. The number of hydrogen-bond donors (Lipinski definition) is 0. The molecule has 0 fully saturated rings. The maximum Gasteiger partial charge on any atom is 0.364 e. The Hall–Kier alpha value is -0.480. The molecule has 1 aromatic carbocycles. The molecular weight excluding hydrogens is 441 g/mol. The van der Waals surface area contributed by atoms with Crippen LogP contribution in [-0.2, 0) is 16.1 Å². The number of rotatable bonds is 15. The number of benzene rings is 1. The first kappa shape index (κ1) is 29.5. The monoisotopic (exact) mass is 480 g/mol. The molecule has 6 heteroatoms. The molecule has 0 bridgehead atoms. The number of carbonyl (C=O) groups is 1. The summed E-state index contributed by atoms with van der Waals surface area (Å²) < 4.78 is 6.09. The van der Waals surface area contributed by atoms with Gasteiger partial charge in [-0.3, -0.25) is 0 Å². The van der Waals surface area contributed by atoms with Gasteiger partial charge in [0.25, 0.3) is 0 Å². The molecule has 0 N–H and O–H groups in total. The summed E-state index contributed by atoms with van der Waals surface area (Å²) in [6, 6.07) is 5.53. The van der Waals surface area contributed by atoms with E-state index in [0.29, 0.717) is 27.7 Å². The Morgan fingerprint density at radius 2 is 1.53 bits per heavy atom. The second kappa shape index (κ2) is 16.2. The molecule has 0 aliphatic heterocycles. The Morgan fingerprint density at radius 1 is 0.933 bits per heavy atom. The predicted octanol–water partition coefficient (Wildman–Crippen LogP) is 7.84. The zero-order chi connectivity index (χ0) is 21.7. The third-order valence-corrected chi connectivity index (χ3v) is 6.21. The molecule has 0 saturated carbocycles. The maximum absolute atomic E-state index is 12.8. The van der Waals surface area contributed by atoms with E-state index in [-0.39, 0.29) is 24.4 Å². The van der Waals surface area contributed by atoms with E-state index in [9.17, 15) is 4.79 Å². The van der Waals surface area contributed by atoms with Crippen molar-refractivity contribution < 1.29 is 14.0 Å². The van der Waals surface area contributed by atoms with Crippen molar-refractivity contribution in [2.75, 3.05) is 20.7 Å². The molecule has 0 aliphatic rings. The van der Waals surface area contributed by atoms with Crippen LogP contribution in [-0.4, -0.2) is 37.2 Å². The number of ether oxygens (including phenoxy) is 1. The van der Waals surface area contributed by atoms with Crippen LogP contribution in [0.5, 0.6) is 0 Å². The molecule has 1 rings (SSSR count). The third kappa shape index (κ3) is 11.2. The van der Waals surface area contributed by atoms with Crippen molar-refractivity contribution in [2.45, 2.75) is 90.6 Å². The van der Waals surface area contributed by atoms with Crippen molar-refractivity contribution in [2.24, 2.45) is 0 Å². The minimum atomic E-state index is -0.170. The van der Waals surface area contributed by atoms with Crippen LogP contribution in [0.1, 0.15) is 83.6 Å². The van der Waals surface area contributed by atoms with E-state index in [1.54, 1.807) is 0 Å². The lowest BCUT2D eigenvalue weighted by Crippen LogP contribution is -2.52. The van der Waals surface area contributed by atoms with Crippen molar-refractivity contribution in [3.8, 4) is 0 Å². The van der Waals surface area contributed by atoms with Crippen molar-refractivity contribution in [3.05, 3.63) is 33.8 Å². The Kier molecular flexibility index (Phi) is 15.9. The van der Waals surface area contributed by atoms with Gasteiger partial charge in [0, 0.05) is 12.0 Å². The summed E-state index contributed by atoms with van der Waals surface area (Å²) in [6.45, 7) is 5.46. The minimum Gasteiger partial charge on any atom is -0.461 e. The van der Waals surface area contributed by atoms with E-state index >= 15 is 0 Å². The highest BCUT2D eigenvalue weighted by atomic mass is 35.5. The molecule has 0 heterocycles. The molecule has 174 valence electrons. The number of halogens is 3. The Morgan fingerprint density at radius 3 is 2.10 bits per heavy atom. The summed E-state index contributed by atoms with van der Waals surface area (Å²) >= 11 is 12.2. The normalized spacial score (nSPS) is 12.3. The average Bonchev–Trinajstić information content (AvgIpc) is 2.67. The van der Waals surface area contributed by atoms with Gasteiger partial charge in [-0.2, -0.15) is 0 Å². The average molecular weight is 482 g/mol. The van der Waals surface area contributed by atoms with Crippen LogP contribution in [0.4, 0.5) is 0 Å². The van der Waals surface area contributed by atoms with Gasteiger partial charge in [-0.15, -0.1) is 12.4 Å². The number of quaternary nitrogens is 1. The van der Waals surface area contributed by atoms with Gasteiger partial charge in [-0.1, -0.05) is 88.1 Å². The zero-order valence-corrected chi connectivity index (χ0v) is 21.6. The molecule has 0 aliphatic carbocycles. The van der Waals surface area contributed by atoms with E-state index in [1.165, 1.54) is 44.9 Å². The number of esters is 1. The van der Waals surface area contributed by atoms with E-state index < -0.39 is 0 Å². The fourth-order valence-corrected chi connectivity index (χ4v) is 4.06. The summed E-state index contributed by atoms with van der Waals surface area (Å²) in [5.41, 5.74) is 1.08. The molecule has 0 saturated heterocycles. The number of unbranched alkanes of at least 4 members (excludes halogenated alkanes) is 7. The lowest BCUT2D eigenvalue weighted by atomic mass is 10.0. The van der Waals surface area contributed by atoms with Gasteiger partial charge >= 0.3 is 5.97 Å². The third-order valence-electron chi connectivity index (χ3n) is 5.47. The molecule has 0 amide bonds. The van der Waals surface area contributed by atoms with E-state index in [1.807, 2.05) is 25.1 Å². The van der Waals surface area contributed by atoms with Gasteiger partial charge in [0.15, 0.2) is 6.04 Å². The SMILES string of the molecule is CCCCCCCCCCC(C(=O)OCCC)[N+](C)(C)Cc1ccc(Cl)c(Cl)c1.Cl. The summed E-state index contributed by atoms with van der Waals surface area (Å²) in [6.07, 6.45) is 11.8. The van der Waals surface area contributed by atoms with Gasteiger partial charge in [0.1, 0.15) is 6.54 Å². The van der Waals surface area contributed by atoms with Gasteiger partial charge in [0.05, 0.1) is 30.7 Å².